The van der Waals surface area contributed by atoms with E-state index in [2.05, 4.69) is 20.4 Å². The Morgan fingerprint density at radius 3 is 2.47 bits per heavy atom. The minimum absolute atomic E-state index is 0.405. The minimum atomic E-state index is 0.405. The van der Waals surface area contributed by atoms with Gasteiger partial charge in [-0.1, -0.05) is 52.0 Å². The van der Waals surface area contributed by atoms with Gasteiger partial charge in [0, 0.05) is 5.92 Å². The molecule has 0 N–H and O–H groups in total. The van der Waals surface area contributed by atoms with Crippen LogP contribution in [0.1, 0.15) is 65.2 Å². The van der Waals surface area contributed by atoms with E-state index in [1.54, 1.807) is 0 Å². The third-order valence-electron chi connectivity index (χ3n) is 3.33. The van der Waals surface area contributed by atoms with Crippen molar-refractivity contribution in [1.82, 2.24) is 0 Å². The summed E-state index contributed by atoms with van der Waals surface area (Å²) in [5, 5.41) is 0. The number of hydrogen-bond donors (Lipinski definition) is 0. The van der Waals surface area contributed by atoms with Gasteiger partial charge >= 0.3 is 0 Å². The monoisotopic (exact) mass is 210 g/mol. The SMILES string of the molecule is C=C1O[C@@H](C)CC1CCCCCCCC. The summed E-state index contributed by atoms with van der Waals surface area (Å²) in [6.07, 6.45) is 11.2. The summed E-state index contributed by atoms with van der Waals surface area (Å²) in [5.41, 5.74) is 0. The van der Waals surface area contributed by atoms with Crippen LogP contribution in [0, 0.1) is 5.92 Å². The highest BCUT2D eigenvalue weighted by atomic mass is 16.5. The van der Waals surface area contributed by atoms with Crippen LogP contribution in [0.2, 0.25) is 0 Å². The number of allylic oxidation sites excluding steroid dienone is 1. The van der Waals surface area contributed by atoms with Gasteiger partial charge < -0.3 is 4.74 Å². The second-order valence-electron chi connectivity index (χ2n) is 4.88. The molecular weight excluding hydrogens is 184 g/mol. The minimum Gasteiger partial charge on any atom is -0.495 e. The molecule has 1 heteroatoms. The van der Waals surface area contributed by atoms with E-state index < -0.39 is 0 Å². The molecule has 2 atom stereocenters. The van der Waals surface area contributed by atoms with Gasteiger partial charge in [0.2, 0.25) is 0 Å². The molecule has 0 aromatic rings. The molecule has 0 aromatic carbocycles. The lowest BCUT2D eigenvalue weighted by atomic mass is 9.96. The van der Waals surface area contributed by atoms with Crippen molar-refractivity contribution < 1.29 is 4.74 Å². The summed E-state index contributed by atoms with van der Waals surface area (Å²) in [5.74, 6) is 1.68. The standard InChI is InChI=1S/C14H26O/c1-4-5-6-7-8-9-10-14-11-12(2)15-13(14)3/h12,14H,3-11H2,1-2H3/t12-,14?/m0/s1. The first-order valence-corrected chi connectivity index (χ1v) is 6.59. The Hall–Kier alpha value is -0.460. The van der Waals surface area contributed by atoms with Crippen LogP contribution in [-0.4, -0.2) is 6.10 Å². The zero-order valence-electron chi connectivity index (χ0n) is 10.4. The highest BCUT2D eigenvalue weighted by molar-refractivity contribution is 4.98. The number of rotatable bonds is 7. The maximum absolute atomic E-state index is 5.57. The predicted octanol–water partition coefficient (Wildman–Crippen LogP) is 4.68. The summed E-state index contributed by atoms with van der Waals surface area (Å²) < 4.78 is 5.57. The van der Waals surface area contributed by atoms with Crippen LogP contribution in [0.5, 0.6) is 0 Å². The van der Waals surface area contributed by atoms with E-state index in [1.807, 2.05) is 0 Å². The first kappa shape index (κ1) is 12.6. The summed E-state index contributed by atoms with van der Waals surface area (Å²) >= 11 is 0. The van der Waals surface area contributed by atoms with Gasteiger partial charge in [0.15, 0.2) is 0 Å². The van der Waals surface area contributed by atoms with Gasteiger partial charge in [0.25, 0.3) is 0 Å². The lowest BCUT2D eigenvalue weighted by Crippen LogP contribution is -1.98. The zero-order valence-corrected chi connectivity index (χ0v) is 10.4. The average Bonchev–Trinajstić information content (AvgIpc) is 2.51. The van der Waals surface area contributed by atoms with Crippen LogP contribution >= 0.6 is 0 Å². The first-order valence-electron chi connectivity index (χ1n) is 6.59. The molecule has 1 saturated heterocycles. The molecule has 1 rings (SSSR count). The maximum atomic E-state index is 5.57. The molecule has 1 nitrogen and oxygen atoms in total. The van der Waals surface area contributed by atoms with Gasteiger partial charge in [0.05, 0.1) is 11.9 Å². The van der Waals surface area contributed by atoms with Crippen molar-refractivity contribution in [2.24, 2.45) is 5.92 Å². The quantitative estimate of drug-likeness (QED) is 0.555. The number of unbranched alkanes of at least 4 members (excludes halogenated alkanes) is 5. The largest absolute Gasteiger partial charge is 0.495 e. The Labute approximate surface area is 94.9 Å². The second kappa shape index (κ2) is 6.92. The van der Waals surface area contributed by atoms with Gasteiger partial charge in [0.1, 0.15) is 0 Å². The van der Waals surface area contributed by atoms with Gasteiger partial charge in [-0.3, -0.25) is 0 Å². The summed E-state index contributed by atoms with van der Waals surface area (Å²) in [4.78, 5) is 0. The fourth-order valence-corrected chi connectivity index (χ4v) is 2.38. The molecule has 1 heterocycles. The van der Waals surface area contributed by atoms with E-state index in [9.17, 15) is 0 Å². The Bertz CT molecular complexity index is 186. The van der Waals surface area contributed by atoms with Crippen LogP contribution in [0.3, 0.4) is 0 Å². The van der Waals surface area contributed by atoms with Gasteiger partial charge in [-0.25, -0.2) is 0 Å². The van der Waals surface area contributed by atoms with E-state index in [4.69, 9.17) is 4.74 Å². The zero-order chi connectivity index (χ0) is 11.1. The molecule has 1 unspecified atom stereocenters. The molecule has 88 valence electrons. The summed E-state index contributed by atoms with van der Waals surface area (Å²) in [6, 6.07) is 0. The summed E-state index contributed by atoms with van der Waals surface area (Å²) in [7, 11) is 0. The number of ether oxygens (including phenoxy) is 1. The molecule has 1 fully saturated rings. The van der Waals surface area contributed by atoms with Crippen LogP contribution < -0.4 is 0 Å². The molecule has 0 aromatic heterocycles. The maximum Gasteiger partial charge on any atom is 0.0961 e. The normalized spacial score (nSPS) is 25.6. The molecule has 0 spiro atoms. The predicted molar refractivity (Wildman–Crippen MR) is 65.8 cm³/mol. The third-order valence-corrected chi connectivity index (χ3v) is 3.33. The lowest BCUT2D eigenvalue weighted by Gasteiger charge is -2.07. The second-order valence-corrected chi connectivity index (χ2v) is 4.88. The highest BCUT2D eigenvalue weighted by Crippen LogP contribution is 2.32. The van der Waals surface area contributed by atoms with Crippen molar-refractivity contribution in [3.05, 3.63) is 12.3 Å². The Morgan fingerprint density at radius 1 is 1.20 bits per heavy atom. The summed E-state index contributed by atoms with van der Waals surface area (Å²) in [6.45, 7) is 8.40. The van der Waals surface area contributed by atoms with E-state index in [1.165, 1.54) is 51.4 Å². The van der Waals surface area contributed by atoms with Crippen LogP contribution in [0.25, 0.3) is 0 Å². The van der Waals surface area contributed by atoms with Crippen molar-refractivity contribution in [1.29, 1.82) is 0 Å². The smallest absolute Gasteiger partial charge is 0.0961 e. The van der Waals surface area contributed by atoms with Gasteiger partial charge in [-0.15, -0.1) is 0 Å². The molecule has 1 aliphatic heterocycles. The van der Waals surface area contributed by atoms with Crippen molar-refractivity contribution in [2.75, 3.05) is 0 Å². The van der Waals surface area contributed by atoms with Crippen molar-refractivity contribution in [3.8, 4) is 0 Å². The molecule has 0 saturated carbocycles. The molecule has 15 heavy (non-hydrogen) atoms. The first-order chi connectivity index (χ1) is 7.24. The van der Waals surface area contributed by atoms with E-state index in [0.717, 1.165) is 5.76 Å². The Kier molecular flexibility index (Phi) is 5.82. The molecule has 0 amide bonds. The Morgan fingerprint density at radius 2 is 1.87 bits per heavy atom. The molecule has 0 radical (unpaired) electrons. The van der Waals surface area contributed by atoms with Crippen LogP contribution in [-0.2, 0) is 4.74 Å². The molecular formula is C14H26O. The van der Waals surface area contributed by atoms with E-state index in [-0.39, 0.29) is 0 Å². The lowest BCUT2D eigenvalue weighted by molar-refractivity contribution is 0.178. The van der Waals surface area contributed by atoms with Crippen molar-refractivity contribution in [2.45, 2.75) is 71.3 Å². The van der Waals surface area contributed by atoms with Crippen LogP contribution in [0.4, 0.5) is 0 Å². The van der Waals surface area contributed by atoms with E-state index >= 15 is 0 Å². The topological polar surface area (TPSA) is 9.23 Å². The van der Waals surface area contributed by atoms with Crippen molar-refractivity contribution in [3.63, 3.8) is 0 Å². The fourth-order valence-electron chi connectivity index (χ4n) is 2.38. The third kappa shape index (κ3) is 4.72. The van der Waals surface area contributed by atoms with Crippen LogP contribution in [0.15, 0.2) is 12.3 Å². The molecule has 0 bridgehead atoms. The Balaban J connectivity index is 1.98. The molecule has 1 aliphatic rings. The average molecular weight is 210 g/mol. The van der Waals surface area contributed by atoms with Crippen molar-refractivity contribution >= 4 is 0 Å². The van der Waals surface area contributed by atoms with Gasteiger partial charge in [-0.2, -0.15) is 0 Å². The highest BCUT2D eigenvalue weighted by Gasteiger charge is 2.25. The van der Waals surface area contributed by atoms with Gasteiger partial charge in [-0.05, 0) is 19.8 Å². The van der Waals surface area contributed by atoms with E-state index in [0.29, 0.717) is 12.0 Å². The number of hydrogen-bond acceptors (Lipinski definition) is 1. The fraction of sp³-hybridized carbons (Fsp3) is 0.857. The molecule has 0 aliphatic carbocycles.